The molecule has 0 aromatic heterocycles. The number of hydrogen-bond donors (Lipinski definition) is 2. The van der Waals surface area contributed by atoms with E-state index in [0.29, 0.717) is 24.8 Å². The highest BCUT2D eigenvalue weighted by Gasteiger charge is 2.28. The molecule has 1 aliphatic rings. The van der Waals surface area contributed by atoms with Gasteiger partial charge in [-0.3, -0.25) is 4.79 Å². The molecule has 0 aliphatic carbocycles. The van der Waals surface area contributed by atoms with Crippen molar-refractivity contribution >= 4 is 18.3 Å². The van der Waals surface area contributed by atoms with Gasteiger partial charge in [-0.25, -0.2) is 4.39 Å². The number of amides is 1. The number of carbonyl (C=O) groups is 1. The van der Waals surface area contributed by atoms with Crippen molar-refractivity contribution in [3.63, 3.8) is 0 Å². The van der Waals surface area contributed by atoms with Gasteiger partial charge in [0.1, 0.15) is 18.2 Å². The summed E-state index contributed by atoms with van der Waals surface area (Å²) >= 11 is 0. The molecule has 1 fully saturated rings. The van der Waals surface area contributed by atoms with Crippen molar-refractivity contribution in [1.29, 1.82) is 0 Å². The zero-order valence-electron chi connectivity index (χ0n) is 14.7. The first kappa shape index (κ1) is 20.2. The molecule has 2 aromatic carbocycles. The fourth-order valence-electron chi connectivity index (χ4n) is 2.73. The van der Waals surface area contributed by atoms with E-state index in [1.807, 2.05) is 37.3 Å². The molecule has 6 heteroatoms. The van der Waals surface area contributed by atoms with E-state index in [4.69, 9.17) is 4.74 Å². The molecule has 0 bridgehead atoms. The van der Waals surface area contributed by atoms with E-state index >= 15 is 0 Å². The first-order valence-electron chi connectivity index (χ1n) is 8.56. The maximum absolute atomic E-state index is 13.1. The third kappa shape index (κ3) is 5.44. The minimum Gasteiger partial charge on any atom is -0.489 e. The van der Waals surface area contributed by atoms with E-state index in [9.17, 15) is 9.18 Å². The van der Waals surface area contributed by atoms with Crippen LogP contribution in [0.1, 0.15) is 18.1 Å². The van der Waals surface area contributed by atoms with Crippen LogP contribution in [-0.2, 0) is 17.9 Å². The molecule has 4 nitrogen and oxygen atoms in total. The van der Waals surface area contributed by atoms with Crippen LogP contribution in [0.25, 0.3) is 0 Å². The lowest BCUT2D eigenvalue weighted by molar-refractivity contribution is -0.126. The summed E-state index contributed by atoms with van der Waals surface area (Å²) in [6.07, 6.45) is 0. The number of carbonyl (C=O) groups excluding carboxylic acids is 1. The zero-order valence-corrected chi connectivity index (χ0v) is 15.5. The van der Waals surface area contributed by atoms with E-state index in [-0.39, 0.29) is 30.0 Å². The standard InChI is InChI=1S/C20H23FN2O2.ClH/c1-14(17-11-22-12-17)20(24)23-10-15-5-7-19(8-6-15)25-13-16-3-2-4-18(21)9-16;/h2-9,14,17,22H,10-13H2,1H3,(H,23,24);1H. The van der Waals surface area contributed by atoms with Gasteiger partial charge in [-0.05, 0) is 54.4 Å². The monoisotopic (exact) mass is 378 g/mol. The van der Waals surface area contributed by atoms with Gasteiger partial charge in [0.25, 0.3) is 0 Å². The molecule has 1 atom stereocenters. The van der Waals surface area contributed by atoms with Crippen molar-refractivity contribution in [2.45, 2.75) is 20.1 Å². The van der Waals surface area contributed by atoms with Crippen molar-refractivity contribution in [3.05, 3.63) is 65.5 Å². The Morgan fingerprint density at radius 2 is 1.96 bits per heavy atom. The summed E-state index contributed by atoms with van der Waals surface area (Å²) in [5, 5.41) is 6.17. The molecule has 3 rings (SSSR count). The minimum absolute atomic E-state index is 0. The number of nitrogens with one attached hydrogen (secondary N) is 2. The van der Waals surface area contributed by atoms with Crippen LogP contribution in [0.2, 0.25) is 0 Å². The molecule has 1 aliphatic heterocycles. The Morgan fingerprint density at radius 3 is 2.58 bits per heavy atom. The molecule has 140 valence electrons. The summed E-state index contributed by atoms with van der Waals surface area (Å²) in [6.45, 7) is 4.65. The number of halogens is 2. The Hall–Kier alpha value is -2.11. The Morgan fingerprint density at radius 1 is 1.23 bits per heavy atom. The van der Waals surface area contributed by atoms with E-state index < -0.39 is 0 Å². The quantitative estimate of drug-likeness (QED) is 0.777. The molecule has 26 heavy (non-hydrogen) atoms. The van der Waals surface area contributed by atoms with Crippen molar-refractivity contribution < 1.29 is 13.9 Å². The molecule has 1 amide bonds. The number of ether oxygens (including phenoxy) is 1. The summed E-state index contributed by atoms with van der Waals surface area (Å²) in [4.78, 5) is 12.1. The SMILES string of the molecule is CC(C(=O)NCc1ccc(OCc2cccc(F)c2)cc1)C1CNC1.Cl. The van der Waals surface area contributed by atoms with Crippen LogP contribution < -0.4 is 15.4 Å². The summed E-state index contributed by atoms with van der Waals surface area (Å²) in [7, 11) is 0. The molecule has 1 heterocycles. The largest absolute Gasteiger partial charge is 0.489 e. The summed E-state index contributed by atoms with van der Waals surface area (Å²) in [5.74, 6) is 1.03. The van der Waals surface area contributed by atoms with Crippen LogP contribution in [0.3, 0.4) is 0 Å². The molecule has 0 saturated carbocycles. The Balaban J connectivity index is 0.00000243. The molecule has 1 unspecified atom stereocenters. The van der Waals surface area contributed by atoms with Crippen molar-refractivity contribution in [3.8, 4) is 5.75 Å². The van der Waals surface area contributed by atoms with Gasteiger partial charge in [0.05, 0.1) is 0 Å². The molecule has 0 radical (unpaired) electrons. The molecule has 0 spiro atoms. The highest BCUT2D eigenvalue weighted by Crippen LogP contribution is 2.17. The second-order valence-corrected chi connectivity index (χ2v) is 6.49. The lowest BCUT2D eigenvalue weighted by Crippen LogP contribution is -2.49. The molecule has 2 N–H and O–H groups in total. The Kier molecular flexibility index (Phi) is 7.42. The lowest BCUT2D eigenvalue weighted by atomic mass is 9.88. The normalized spacial score (nSPS) is 14.7. The number of rotatable bonds is 7. The van der Waals surface area contributed by atoms with Crippen molar-refractivity contribution in [1.82, 2.24) is 10.6 Å². The smallest absolute Gasteiger partial charge is 0.223 e. The average molecular weight is 379 g/mol. The van der Waals surface area contributed by atoms with E-state index in [2.05, 4.69) is 10.6 Å². The maximum Gasteiger partial charge on any atom is 0.223 e. The lowest BCUT2D eigenvalue weighted by Gasteiger charge is -2.31. The zero-order chi connectivity index (χ0) is 17.6. The summed E-state index contributed by atoms with van der Waals surface area (Å²) in [5.41, 5.74) is 1.81. The fourth-order valence-corrected chi connectivity index (χ4v) is 2.73. The third-order valence-corrected chi connectivity index (χ3v) is 4.62. The summed E-state index contributed by atoms with van der Waals surface area (Å²) in [6, 6.07) is 13.9. The predicted octanol–water partition coefficient (Wildman–Crippen LogP) is 3.30. The van der Waals surface area contributed by atoms with Crippen LogP contribution in [0.5, 0.6) is 5.75 Å². The molecular formula is C20H24ClFN2O2. The van der Waals surface area contributed by atoms with Crippen LogP contribution >= 0.6 is 12.4 Å². The van der Waals surface area contributed by atoms with Crippen LogP contribution in [-0.4, -0.2) is 19.0 Å². The van der Waals surface area contributed by atoms with Gasteiger partial charge in [0.15, 0.2) is 0 Å². The third-order valence-electron chi connectivity index (χ3n) is 4.62. The second-order valence-electron chi connectivity index (χ2n) is 6.49. The first-order valence-corrected chi connectivity index (χ1v) is 8.56. The second kappa shape index (κ2) is 9.55. The summed E-state index contributed by atoms with van der Waals surface area (Å²) < 4.78 is 18.8. The van der Waals surface area contributed by atoms with Gasteiger partial charge in [-0.15, -0.1) is 12.4 Å². The van der Waals surface area contributed by atoms with Gasteiger partial charge in [-0.2, -0.15) is 0 Å². The number of benzene rings is 2. The molecular weight excluding hydrogens is 355 g/mol. The van der Waals surface area contributed by atoms with Gasteiger partial charge in [-0.1, -0.05) is 31.2 Å². The van der Waals surface area contributed by atoms with Crippen molar-refractivity contribution in [2.24, 2.45) is 11.8 Å². The van der Waals surface area contributed by atoms with Gasteiger partial charge in [0.2, 0.25) is 5.91 Å². The molecule has 2 aromatic rings. The van der Waals surface area contributed by atoms with Crippen LogP contribution in [0.15, 0.2) is 48.5 Å². The van der Waals surface area contributed by atoms with Crippen LogP contribution in [0, 0.1) is 17.7 Å². The van der Waals surface area contributed by atoms with Crippen LogP contribution in [0.4, 0.5) is 4.39 Å². The fraction of sp³-hybridized carbons (Fsp3) is 0.350. The van der Waals surface area contributed by atoms with Gasteiger partial charge in [0, 0.05) is 12.5 Å². The molecule has 1 saturated heterocycles. The Bertz CT molecular complexity index is 720. The van der Waals surface area contributed by atoms with Crippen molar-refractivity contribution in [2.75, 3.05) is 13.1 Å². The number of hydrogen-bond acceptors (Lipinski definition) is 3. The Labute approximate surface area is 159 Å². The highest BCUT2D eigenvalue weighted by molar-refractivity contribution is 5.85. The van der Waals surface area contributed by atoms with Gasteiger partial charge < -0.3 is 15.4 Å². The minimum atomic E-state index is -0.265. The van der Waals surface area contributed by atoms with E-state index in [0.717, 1.165) is 24.2 Å². The maximum atomic E-state index is 13.1. The highest BCUT2D eigenvalue weighted by atomic mass is 35.5. The van der Waals surface area contributed by atoms with E-state index in [1.54, 1.807) is 6.07 Å². The predicted molar refractivity (Wildman–Crippen MR) is 102 cm³/mol. The average Bonchev–Trinajstić information content (AvgIpc) is 2.57. The van der Waals surface area contributed by atoms with E-state index in [1.165, 1.54) is 12.1 Å². The van der Waals surface area contributed by atoms with Gasteiger partial charge >= 0.3 is 0 Å². The topological polar surface area (TPSA) is 50.4 Å². The first-order chi connectivity index (χ1) is 12.1.